The highest BCUT2D eigenvalue weighted by molar-refractivity contribution is 6.01. The Kier molecular flexibility index (Phi) is 4.56. The Labute approximate surface area is 142 Å². The Hall–Kier alpha value is -2.75. The summed E-state index contributed by atoms with van der Waals surface area (Å²) in [5.74, 6) is 0.836. The number of nitrogens with one attached hydrogen (secondary N) is 1. The van der Waals surface area contributed by atoms with Crippen molar-refractivity contribution in [2.45, 2.75) is 26.1 Å². The van der Waals surface area contributed by atoms with E-state index in [9.17, 15) is 4.79 Å². The van der Waals surface area contributed by atoms with Gasteiger partial charge in [0.1, 0.15) is 11.9 Å². The van der Waals surface area contributed by atoms with Gasteiger partial charge in [-0.3, -0.25) is 4.79 Å². The number of nitrogens with zero attached hydrogens (tertiary/aromatic N) is 1. The zero-order chi connectivity index (χ0) is 17.1. The molecule has 3 rings (SSSR count). The summed E-state index contributed by atoms with van der Waals surface area (Å²) in [5.41, 5.74) is 2.56. The van der Waals surface area contributed by atoms with Gasteiger partial charge in [0.15, 0.2) is 0 Å². The van der Waals surface area contributed by atoms with Crippen LogP contribution in [0.15, 0.2) is 61.2 Å². The number of anilines is 1. The van der Waals surface area contributed by atoms with E-state index in [1.165, 1.54) is 0 Å². The SMILES string of the molecule is C=CCN1C(=O)c2ccccc2NC1c1ccc(OC(C)C)cc1. The summed E-state index contributed by atoms with van der Waals surface area (Å²) in [6.45, 7) is 8.26. The van der Waals surface area contributed by atoms with Crippen molar-refractivity contribution in [1.29, 1.82) is 0 Å². The van der Waals surface area contributed by atoms with Crippen LogP contribution in [0.2, 0.25) is 0 Å². The molecule has 1 aliphatic heterocycles. The highest BCUT2D eigenvalue weighted by Crippen LogP contribution is 2.33. The highest BCUT2D eigenvalue weighted by atomic mass is 16.5. The molecule has 1 atom stereocenters. The van der Waals surface area contributed by atoms with Crippen molar-refractivity contribution in [3.63, 3.8) is 0 Å². The fourth-order valence-electron chi connectivity index (χ4n) is 2.88. The average Bonchev–Trinajstić information content (AvgIpc) is 2.58. The molecule has 4 heteroatoms. The molecule has 0 spiro atoms. The zero-order valence-corrected chi connectivity index (χ0v) is 14.0. The predicted octanol–water partition coefficient (Wildman–Crippen LogP) is 4.23. The lowest BCUT2D eigenvalue weighted by atomic mass is 10.0. The quantitative estimate of drug-likeness (QED) is 0.838. The Bertz CT molecular complexity index is 738. The maximum Gasteiger partial charge on any atom is 0.258 e. The molecule has 24 heavy (non-hydrogen) atoms. The Balaban J connectivity index is 1.93. The van der Waals surface area contributed by atoms with E-state index in [0.717, 1.165) is 17.0 Å². The average molecular weight is 322 g/mol. The van der Waals surface area contributed by atoms with Gasteiger partial charge in [0.2, 0.25) is 0 Å². The minimum Gasteiger partial charge on any atom is -0.491 e. The van der Waals surface area contributed by atoms with E-state index in [1.54, 1.807) is 11.0 Å². The van der Waals surface area contributed by atoms with E-state index >= 15 is 0 Å². The molecule has 124 valence electrons. The first-order valence-corrected chi connectivity index (χ1v) is 8.14. The summed E-state index contributed by atoms with van der Waals surface area (Å²) in [6.07, 6.45) is 1.66. The molecule has 0 aliphatic carbocycles. The van der Waals surface area contributed by atoms with E-state index < -0.39 is 0 Å². The minimum absolute atomic E-state index is 0.0109. The molecular weight excluding hydrogens is 300 g/mol. The molecule has 1 aliphatic rings. The first kappa shape index (κ1) is 16.1. The molecule has 0 radical (unpaired) electrons. The first-order valence-electron chi connectivity index (χ1n) is 8.14. The van der Waals surface area contributed by atoms with Crippen LogP contribution in [0.5, 0.6) is 5.75 Å². The zero-order valence-electron chi connectivity index (χ0n) is 14.0. The lowest BCUT2D eigenvalue weighted by molar-refractivity contribution is 0.0707. The third-order valence-corrected chi connectivity index (χ3v) is 3.92. The van der Waals surface area contributed by atoms with Gasteiger partial charge in [-0.25, -0.2) is 0 Å². The van der Waals surface area contributed by atoms with Gasteiger partial charge in [0, 0.05) is 12.2 Å². The van der Waals surface area contributed by atoms with Gasteiger partial charge < -0.3 is 15.0 Å². The van der Waals surface area contributed by atoms with Gasteiger partial charge in [-0.15, -0.1) is 6.58 Å². The normalized spacial score (nSPS) is 16.5. The number of ether oxygens (including phenoxy) is 1. The second-order valence-electron chi connectivity index (χ2n) is 6.07. The van der Waals surface area contributed by atoms with Crippen LogP contribution >= 0.6 is 0 Å². The lowest BCUT2D eigenvalue weighted by Gasteiger charge is -2.37. The van der Waals surface area contributed by atoms with Gasteiger partial charge in [0.25, 0.3) is 5.91 Å². The summed E-state index contributed by atoms with van der Waals surface area (Å²) in [4.78, 5) is 14.6. The largest absolute Gasteiger partial charge is 0.491 e. The number of carbonyl (C=O) groups excluding carboxylic acids is 1. The van der Waals surface area contributed by atoms with Crippen LogP contribution in [0.1, 0.15) is 35.9 Å². The first-order chi connectivity index (χ1) is 11.6. The van der Waals surface area contributed by atoms with Gasteiger partial charge >= 0.3 is 0 Å². The molecule has 0 fully saturated rings. The van der Waals surface area contributed by atoms with Gasteiger partial charge in [-0.2, -0.15) is 0 Å². The number of benzene rings is 2. The van der Waals surface area contributed by atoms with Crippen molar-refractivity contribution in [1.82, 2.24) is 4.90 Å². The fraction of sp³-hybridized carbons (Fsp3) is 0.250. The van der Waals surface area contributed by atoms with Crippen LogP contribution < -0.4 is 10.1 Å². The summed E-state index contributed by atoms with van der Waals surface area (Å²) < 4.78 is 5.69. The predicted molar refractivity (Wildman–Crippen MR) is 96.2 cm³/mol. The standard InChI is InChI=1S/C20H22N2O2/c1-4-13-22-19(15-9-11-16(12-10-15)24-14(2)3)21-18-8-6-5-7-17(18)20(22)23/h4-12,14,19,21H,1,13H2,2-3H3. The molecule has 1 unspecified atom stereocenters. The molecule has 2 aromatic carbocycles. The molecule has 1 heterocycles. The number of hydrogen-bond donors (Lipinski definition) is 1. The molecule has 2 aromatic rings. The van der Waals surface area contributed by atoms with Crippen molar-refractivity contribution in [3.05, 3.63) is 72.3 Å². The van der Waals surface area contributed by atoms with E-state index in [0.29, 0.717) is 12.1 Å². The Morgan fingerprint density at radius 2 is 1.92 bits per heavy atom. The van der Waals surface area contributed by atoms with Crippen LogP contribution in [0, 0.1) is 0 Å². The van der Waals surface area contributed by atoms with Crippen molar-refractivity contribution < 1.29 is 9.53 Å². The summed E-state index contributed by atoms with van der Waals surface area (Å²) in [6, 6.07) is 15.4. The maximum atomic E-state index is 12.8. The molecule has 0 bridgehead atoms. The van der Waals surface area contributed by atoms with E-state index in [1.807, 2.05) is 62.4 Å². The Morgan fingerprint density at radius 1 is 1.21 bits per heavy atom. The smallest absolute Gasteiger partial charge is 0.258 e. The van der Waals surface area contributed by atoms with E-state index in [4.69, 9.17) is 4.74 Å². The lowest BCUT2D eigenvalue weighted by Crippen LogP contribution is -2.42. The molecule has 0 aromatic heterocycles. The van der Waals surface area contributed by atoms with Gasteiger partial charge in [-0.1, -0.05) is 30.3 Å². The third kappa shape index (κ3) is 3.13. The number of carbonyl (C=O) groups is 1. The molecule has 1 N–H and O–H groups in total. The van der Waals surface area contributed by atoms with Gasteiger partial charge in [-0.05, 0) is 43.7 Å². The summed E-state index contributed by atoms with van der Waals surface area (Å²) >= 11 is 0. The number of fused-ring (bicyclic) bond motifs is 1. The van der Waals surface area contributed by atoms with Crippen LogP contribution in [0.3, 0.4) is 0 Å². The van der Waals surface area contributed by atoms with Crippen molar-refractivity contribution in [3.8, 4) is 5.75 Å². The number of hydrogen-bond acceptors (Lipinski definition) is 3. The van der Waals surface area contributed by atoms with E-state index in [-0.39, 0.29) is 18.2 Å². The molecular formula is C20H22N2O2. The van der Waals surface area contributed by atoms with Crippen molar-refractivity contribution >= 4 is 11.6 Å². The highest BCUT2D eigenvalue weighted by Gasteiger charge is 2.31. The van der Waals surface area contributed by atoms with Crippen LogP contribution in [0.4, 0.5) is 5.69 Å². The summed E-state index contributed by atoms with van der Waals surface area (Å²) in [5, 5.41) is 3.46. The van der Waals surface area contributed by atoms with Crippen LogP contribution in [0.25, 0.3) is 0 Å². The third-order valence-electron chi connectivity index (χ3n) is 3.92. The number of amides is 1. The Morgan fingerprint density at radius 3 is 2.58 bits per heavy atom. The molecule has 1 amide bonds. The molecule has 0 saturated carbocycles. The van der Waals surface area contributed by atoms with Crippen LogP contribution in [-0.4, -0.2) is 23.5 Å². The molecule has 0 saturated heterocycles. The summed E-state index contributed by atoms with van der Waals surface area (Å²) in [7, 11) is 0. The maximum absolute atomic E-state index is 12.8. The number of para-hydroxylation sites is 1. The topological polar surface area (TPSA) is 41.6 Å². The van der Waals surface area contributed by atoms with Crippen molar-refractivity contribution in [2.75, 3.05) is 11.9 Å². The van der Waals surface area contributed by atoms with Crippen LogP contribution in [-0.2, 0) is 0 Å². The van der Waals surface area contributed by atoms with Gasteiger partial charge in [0.05, 0.1) is 11.7 Å². The minimum atomic E-state index is -0.224. The van der Waals surface area contributed by atoms with Crippen molar-refractivity contribution in [2.24, 2.45) is 0 Å². The molecule has 4 nitrogen and oxygen atoms in total. The number of rotatable bonds is 5. The van der Waals surface area contributed by atoms with E-state index in [2.05, 4.69) is 11.9 Å². The fourth-order valence-corrected chi connectivity index (χ4v) is 2.88. The second-order valence-corrected chi connectivity index (χ2v) is 6.07. The monoisotopic (exact) mass is 322 g/mol. The second kappa shape index (κ2) is 6.79.